The van der Waals surface area contributed by atoms with Crippen molar-refractivity contribution in [2.45, 2.75) is 0 Å². The van der Waals surface area contributed by atoms with Gasteiger partial charge in [0.25, 0.3) is 0 Å². The molecule has 0 atom stereocenters. The number of pyridine rings is 1. The lowest BCUT2D eigenvalue weighted by atomic mass is 10.1. The largest absolute Gasteiger partial charge is 0.493 e. The van der Waals surface area contributed by atoms with Crippen molar-refractivity contribution in [1.82, 2.24) is 4.98 Å². The highest BCUT2D eigenvalue weighted by molar-refractivity contribution is 7.17. The van der Waals surface area contributed by atoms with Crippen molar-refractivity contribution >= 4 is 19.6 Å². The number of H-pyrrole nitrogens is 1. The fourth-order valence-corrected chi connectivity index (χ4v) is 2.65. The van der Waals surface area contributed by atoms with Crippen molar-refractivity contribution in [3.8, 4) is 22.8 Å². The number of nitrogens with one attached hydrogen (secondary N) is 1. The summed E-state index contributed by atoms with van der Waals surface area (Å²) >= 11 is 0. The Morgan fingerprint density at radius 1 is 1.17 bits per heavy atom. The molecule has 1 N–H and O–H groups in total. The maximum atomic E-state index is 13.4. The molecule has 0 aliphatic heterocycles. The van der Waals surface area contributed by atoms with Gasteiger partial charge in [-0.2, -0.15) is 0 Å². The topological polar surface area (TPSA) is 68.4 Å². The normalized spacial score (nSPS) is 10.9. The molecule has 0 aliphatic carbocycles. The third-order valence-electron chi connectivity index (χ3n) is 3.40. The van der Waals surface area contributed by atoms with Gasteiger partial charge < -0.3 is 14.2 Å². The number of methoxy groups -OCH3 is 1. The Morgan fingerprint density at radius 2 is 2.00 bits per heavy atom. The molecule has 0 amide bonds. The zero-order chi connectivity index (χ0) is 16.4. The van der Waals surface area contributed by atoms with E-state index in [1.165, 1.54) is 25.3 Å². The molecule has 3 rings (SSSR count). The fourth-order valence-electron chi connectivity index (χ4n) is 2.40. The van der Waals surface area contributed by atoms with Crippen molar-refractivity contribution in [2.75, 3.05) is 7.11 Å². The summed E-state index contributed by atoms with van der Waals surface area (Å²) < 4.78 is 34.3. The molecule has 0 aliphatic rings. The number of aromatic amines is 1. The molecule has 5 nitrogen and oxygen atoms in total. The summed E-state index contributed by atoms with van der Waals surface area (Å²) in [5, 5.41) is 0.216. The second-order valence-electron chi connectivity index (χ2n) is 4.74. The van der Waals surface area contributed by atoms with Gasteiger partial charge in [-0.15, -0.1) is 0 Å². The van der Waals surface area contributed by atoms with E-state index in [0.29, 0.717) is 22.5 Å². The van der Waals surface area contributed by atoms with E-state index in [9.17, 15) is 13.8 Å². The Hall–Kier alpha value is -2.72. The van der Waals surface area contributed by atoms with Crippen molar-refractivity contribution < 1.29 is 18.2 Å². The van der Waals surface area contributed by atoms with E-state index in [1.54, 1.807) is 24.3 Å². The van der Waals surface area contributed by atoms with E-state index in [0.717, 1.165) is 0 Å². The molecule has 7 heteroatoms. The Morgan fingerprint density at radius 3 is 2.70 bits per heavy atom. The second kappa shape index (κ2) is 6.18. The lowest BCUT2D eigenvalue weighted by Crippen LogP contribution is -2.05. The number of ether oxygens (including phenoxy) is 1. The number of hydrogen-bond acceptors (Lipinski definition) is 4. The SMILES string of the molecule is COc1ccc2[nH]c(-c3cccc(F)c3)cc(=O)c2c1OP=O. The summed E-state index contributed by atoms with van der Waals surface area (Å²) in [4.78, 5) is 15.5. The van der Waals surface area contributed by atoms with Gasteiger partial charge >= 0.3 is 8.69 Å². The smallest absolute Gasteiger partial charge is 0.396 e. The summed E-state index contributed by atoms with van der Waals surface area (Å²) in [7, 11) is 0.826. The van der Waals surface area contributed by atoms with Crippen LogP contribution in [0, 0.1) is 5.82 Å². The van der Waals surface area contributed by atoms with Crippen LogP contribution in [0.3, 0.4) is 0 Å². The molecule has 0 radical (unpaired) electrons. The number of halogens is 1. The van der Waals surface area contributed by atoms with Gasteiger partial charge in [0, 0.05) is 17.3 Å². The summed E-state index contributed by atoms with van der Waals surface area (Å²) in [6, 6.07) is 10.5. The number of benzene rings is 2. The quantitative estimate of drug-likeness (QED) is 0.736. The van der Waals surface area contributed by atoms with Gasteiger partial charge in [0.1, 0.15) is 5.82 Å². The second-order valence-corrected chi connectivity index (χ2v) is 5.07. The zero-order valence-corrected chi connectivity index (χ0v) is 12.9. The molecule has 1 aromatic heterocycles. The van der Waals surface area contributed by atoms with Gasteiger partial charge in [-0.05, 0) is 24.3 Å². The monoisotopic (exact) mass is 331 g/mol. The van der Waals surface area contributed by atoms with Gasteiger partial charge in [0.15, 0.2) is 16.9 Å². The van der Waals surface area contributed by atoms with E-state index in [4.69, 9.17) is 9.26 Å². The molecule has 0 spiro atoms. The Labute approximate surface area is 132 Å². The van der Waals surface area contributed by atoms with Crippen LogP contribution in [-0.2, 0) is 4.57 Å². The molecule has 0 saturated carbocycles. The van der Waals surface area contributed by atoms with Crippen molar-refractivity contribution in [3.63, 3.8) is 0 Å². The van der Waals surface area contributed by atoms with Crippen LogP contribution < -0.4 is 14.7 Å². The van der Waals surface area contributed by atoms with Crippen LogP contribution in [0.25, 0.3) is 22.2 Å². The first-order valence-electron chi connectivity index (χ1n) is 6.63. The van der Waals surface area contributed by atoms with Crippen LogP contribution in [0.15, 0.2) is 47.3 Å². The minimum atomic E-state index is -0.596. The summed E-state index contributed by atoms with van der Waals surface area (Å²) in [5.74, 6) is -0.00841. The Kier molecular flexibility index (Phi) is 4.08. The number of rotatable bonds is 4. The highest BCUT2D eigenvalue weighted by Crippen LogP contribution is 2.35. The molecule has 23 heavy (non-hydrogen) atoms. The Bertz CT molecular complexity index is 954. The van der Waals surface area contributed by atoms with Crippen molar-refractivity contribution in [1.29, 1.82) is 0 Å². The van der Waals surface area contributed by atoms with E-state index in [1.807, 2.05) is 0 Å². The van der Waals surface area contributed by atoms with E-state index >= 15 is 0 Å². The predicted octanol–water partition coefficient (Wildman–Crippen LogP) is 3.93. The average molecular weight is 331 g/mol. The summed E-state index contributed by atoms with van der Waals surface area (Å²) in [6.07, 6.45) is 0. The molecule has 0 bridgehead atoms. The minimum absolute atomic E-state index is 0.0914. The summed E-state index contributed by atoms with van der Waals surface area (Å²) in [6.45, 7) is 0. The van der Waals surface area contributed by atoms with Crippen LogP contribution in [0.1, 0.15) is 0 Å². The highest BCUT2D eigenvalue weighted by atomic mass is 31.1. The van der Waals surface area contributed by atoms with Crippen molar-refractivity contribution in [2.24, 2.45) is 0 Å². The number of aromatic nitrogens is 1. The van der Waals surface area contributed by atoms with E-state index in [-0.39, 0.29) is 16.6 Å². The van der Waals surface area contributed by atoms with Gasteiger partial charge in [-0.25, -0.2) is 8.96 Å². The Balaban J connectivity index is 2.28. The third-order valence-corrected chi connectivity index (χ3v) is 3.65. The van der Waals surface area contributed by atoms with Crippen molar-refractivity contribution in [3.05, 3.63) is 58.5 Å². The first-order valence-corrected chi connectivity index (χ1v) is 7.36. The van der Waals surface area contributed by atoms with Crippen LogP contribution in [0.2, 0.25) is 0 Å². The first kappa shape index (κ1) is 15.2. The molecule has 0 fully saturated rings. The molecular formula is C16H11FNO4P. The van der Waals surface area contributed by atoms with E-state index < -0.39 is 14.5 Å². The molecule has 0 saturated heterocycles. The third kappa shape index (κ3) is 2.81. The number of hydrogen-bond donors (Lipinski definition) is 1. The summed E-state index contributed by atoms with van der Waals surface area (Å²) in [5.41, 5.74) is 1.13. The zero-order valence-electron chi connectivity index (χ0n) is 12.0. The average Bonchev–Trinajstić information content (AvgIpc) is 2.55. The molecule has 116 valence electrons. The number of fused-ring (bicyclic) bond motifs is 1. The van der Waals surface area contributed by atoms with Gasteiger partial charge in [-0.1, -0.05) is 12.1 Å². The maximum absolute atomic E-state index is 13.4. The van der Waals surface area contributed by atoms with Crippen LogP contribution in [0.5, 0.6) is 11.5 Å². The van der Waals surface area contributed by atoms with Crippen LogP contribution in [-0.4, -0.2) is 12.1 Å². The lowest BCUT2D eigenvalue weighted by molar-refractivity contribution is 0.397. The van der Waals surface area contributed by atoms with Crippen LogP contribution >= 0.6 is 8.69 Å². The molecule has 1 heterocycles. The lowest BCUT2D eigenvalue weighted by Gasteiger charge is -2.10. The predicted molar refractivity (Wildman–Crippen MR) is 84.7 cm³/mol. The minimum Gasteiger partial charge on any atom is -0.493 e. The highest BCUT2D eigenvalue weighted by Gasteiger charge is 2.15. The van der Waals surface area contributed by atoms with E-state index in [2.05, 4.69) is 4.98 Å². The van der Waals surface area contributed by atoms with Crippen LogP contribution in [0.4, 0.5) is 4.39 Å². The molecule has 3 aromatic rings. The van der Waals surface area contributed by atoms with Gasteiger partial charge in [0.2, 0.25) is 0 Å². The maximum Gasteiger partial charge on any atom is 0.396 e. The first-order chi connectivity index (χ1) is 11.1. The fraction of sp³-hybridized carbons (Fsp3) is 0.0625. The standard InChI is InChI=1S/C16H11FNO4P/c1-21-14-6-5-11-15(16(14)22-23-20)13(19)8-12(18-11)9-3-2-4-10(17)7-9/h2-8H,1H3,(H,18,19). The molecule has 0 unspecified atom stereocenters. The van der Waals surface area contributed by atoms with Gasteiger partial charge in [-0.3, -0.25) is 4.79 Å². The molecular weight excluding hydrogens is 320 g/mol. The van der Waals surface area contributed by atoms with Gasteiger partial charge in [0.05, 0.1) is 18.0 Å². The molecule has 2 aromatic carbocycles.